The minimum Gasteiger partial charge on any atom is -0.406 e. The lowest BCUT2D eigenvalue weighted by molar-refractivity contribution is -0.274. The van der Waals surface area contributed by atoms with E-state index in [1.807, 2.05) is 38.8 Å². The molecule has 0 radical (unpaired) electrons. The molecule has 0 aromatic heterocycles. The minimum atomic E-state index is -4.74. The number of aryl methyl sites for hydroxylation is 1. The second-order valence-electron chi connectivity index (χ2n) is 7.08. The number of nitriles is 2. The van der Waals surface area contributed by atoms with Crippen molar-refractivity contribution in [3.63, 3.8) is 0 Å². The van der Waals surface area contributed by atoms with Crippen LogP contribution in [0.3, 0.4) is 0 Å². The molecule has 0 saturated carbocycles. The molecule has 0 atom stereocenters. The van der Waals surface area contributed by atoms with Gasteiger partial charge in [0.1, 0.15) is 11.8 Å². The topological polar surface area (TPSA) is 60.0 Å². The Balaban J connectivity index is 2.55. The molecule has 8 heteroatoms. The number of alkyl halides is 3. The summed E-state index contributed by atoms with van der Waals surface area (Å²) in [5.41, 5.74) is 4.53. The lowest BCUT2D eigenvalue weighted by Crippen LogP contribution is -2.17. The smallest absolute Gasteiger partial charge is 0.406 e. The molecule has 0 aliphatic rings. The molecular weight excluding hydrogens is 378 g/mol. The Labute approximate surface area is 169 Å². The fraction of sp³-hybridized carbons (Fsp3) is 0.333. The average molecular weight is 399 g/mol. The largest absolute Gasteiger partial charge is 0.573 e. The van der Waals surface area contributed by atoms with Gasteiger partial charge in [-0.2, -0.15) is 5.26 Å². The first-order valence-electron chi connectivity index (χ1n) is 9.07. The minimum absolute atomic E-state index is 0.145. The number of anilines is 1. The van der Waals surface area contributed by atoms with Crippen LogP contribution in [0.1, 0.15) is 16.7 Å². The molecule has 150 valence electrons. The van der Waals surface area contributed by atoms with Crippen molar-refractivity contribution in [2.45, 2.75) is 32.9 Å². The molecule has 0 fully saturated rings. The molecule has 4 nitrogen and oxygen atoms in total. The Bertz CT molecular complexity index is 958. The summed E-state index contributed by atoms with van der Waals surface area (Å²) in [4.78, 5) is 1.86. The Morgan fingerprint density at radius 1 is 1.14 bits per heavy atom. The fourth-order valence-electron chi connectivity index (χ4n) is 3.28. The number of ether oxygens (including phenoxy) is 1. The fourth-order valence-corrected chi connectivity index (χ4v) is 3.28. The zero-order valence-electron chi connectivity index (χ0n) is 16.8. The van der Waals surface area contributed by atoms with Crippen molar-refractivity contribution in [2.24, 2.45) is 0 Å². The van der Waals surface area contributed by atoms with Gasteiger partial charge in [0.05, 0.1) is 11.3 Å². The van der Waals surface area contributed by atoms with E-state index < -0.39 is 6.36 Å². The van der Waals surface area contributed by atoms with Crippen LogP contribution in [-0.4, -0.2) is 27.2 Å². The van der Waals surface area contributed by atoms with Crippen molar-refractivity contribution in [3.8, 4) is 28.9 Å². The van der Waals surface area contributed by atoms with Crippen LogP contribution in [0.15, 0.2) is 30.3 Å². The number of nitrogens with zero attached hydrogens (tertiary/aromatic N) is 3. The van der Waals surface area contributed by atoms with Gasteiger partial charge in [-0.05, 0) is 53.8 Å². The Hall–Kier alpha value is -3.13. The molecule has 2 aromatic carbocycles. The van der Waals surface area contributed by atoms with Gasteiger partial charge in [-0.15, -0.1) is 13.2 Å². The highest BCUT2D eigenvalue weighted by Crippen LogP contribution is 2.37. The molecule has 0 bridgehead atoms. The molecule has 0 saturated heterocycles. The van der Waals surface area contributed by atoms with Crippen LogP contribution in [0.4, 0.5) is 18.9 Å². The summed E-state index contributed by atoms with van der Waals surface area (Å²) < 4.78 is 41.2. The van der Waals surface area contributed by atoms with E-state index in [4.69, 9.17) is 5.26 Å². The van der Waals surface area contributed by atoms with Crippen LogP contribution < -0.4 is 9.64 Å². The predicted molar refractivity (Wildman–Crippen MR) is 108 cm³/mol. The maximum Gasteiger partial charge on any atom is 0.573 e. The van der Waals surface area contributed by atoms with E-state index in [2.05, 4.69) is 16.8 Å². The maximum atomic E-state index is 12.4. The lowest BCUT2D eigenvalue weighted by Gasteiger charge is -2.23. The predicted octanol–water partition coefficient (Wildman–Crippen LogP) is 5.23. The van der Waals surface area contributed by atoms with Crippen molar-refractivity contribution >= 4 is 12.4 Å². The van der Waals surface area contributed by atoms with E-state index in [-0.39, 0.29) is 12.5 Å². The van der Waals surface area contributed by atoms with Gasteiger partial charge >= 0.3 is 6.36 Å². The Morgan fingerprint density at radius 2 is 1.76 bits per heavy atom. The van der Waals surface area contributed by atoms with Crippen molar-refractivity contribution in [1.29, 1.82) is 10.5 Å². The molecule has 0 aliphatic heterocycles. The molecule has 0 aliphatic carbocycles. The van der Waals surface area contributed by atoms with Gasteiger partial charge in [0, 0.05) is 20.1 Å². The van der Waals surface area contributed by atoms with Crippen LogP contribution in [0, 0.1) is 29.5 Å². The van der Waals surface area contributed by atoms with Crippen molar-refractivity contribution in [1.82, 2.24) is 0 Å². The average Bonchev–Trinajstić information content (AvgIpc) is 2.65. The molecular formula is C21H21BF3N3O. The quantitative estimate of drug-likeness (QED) is 0.625. The van der Waals surface area contributed by atoms with Gasteiger partial charge in [0.15, 0.2) is 0 Å². The Morgan fingerprint density at radius 3 is 2.24 bits per heavy atom. The lowest BCUT2D eigenvalue weighted by atomic mass is 9.50. The Kier molecular flexibility index (Phi) is 6.82. The third-order valence-electron chi connectivity index (χ3n) is 4.66. The first-order chi connectivity index (χ1) is 13.6. The van der Waals surface area contributed by atoms with Gasteiger partial charge in [-0.25, -0.2) is 5.26 Å². The molecule has 0 N–H and O–H groups in total. The highest BCUT2D eigenvalue weighted by Gasteiger charge is 2.31. The van der Waals surface area contributed by atoms with Crippen LogP contribution in [0.25, 0.3) is 11.1 Å². The van der Waals surface area contributed by atoms with Crippen LogP contribution >= 0.6 is 0 Å². The zero-order chi connectivity index (χ0) is 21.8. The summed E-state index contributed by atoms with van der Waals surface area (Å²) in [5, 5.41) is 18.8. The monoisotopic (exact) mass is 399 g/mol. The number of halogens is 3. The van der Waals surface area contributed by atoms with E-state index in [0.29, 0.717) is 18.3 Å². The van der Waals surface area contributed by atoms with Crippen molar-refractivity contribution in [2.75, 3.05) is 19.0 Å². The van der Waals surface area contributed by atoms with Gasteiger partial charge in [0.25, 0.3) is 6.71 Å². The molecule has 0 unspecified atom stereocenters. The van der Waals surface area contributed by atoms with Crippen molar-refractivity contribution in [3.05, 3.63) is 47.0 Å². The maximum absolute atomic E-state index is 12.4. The standard InChI is InChI=1S/C21H21BF3N3O/c1-14-18(15-5-7-17(8-6-15)29-21(23,24)25)11-16(9-10-22(2)13-27)19(12-26)20(14)28(3)4/h5-8,11H,9-10H2,1-4H3. The molecule has 0 heterocycles. The van der Waals surface area contributed by atoms with E-state index in [1.165, 1.54) is 12.1 Å². The third-order valence-corrected chi connectivity index (χ3v) is 4.66. The third kappa shape index (κ3) is 5.45. The normalized spacial score (nSPS) is 10.8. The van der Waals surface area contributed by atoms with Gasteiger partial charge in [-0.3, -0.25) is 0 Å². The highest BCUT2D eigenvalue weighted by molar-refractivity contribution is 6.65. The number of rotatable bonds is 6. The first-order valence-corrected chi connectivity index (χ1v) is 9.07. The molecule has 0 amide bonds. The number of hydrogen-bond donors (Lipinski definition) is 0. The summed E-state index contributed by atoms with van der Waals surface area (Å²) in [6, 6.07) is 9.84. The van der Waals surface area contributed by atoms with E-state index >= 15 is 0 Å². The van der Waals surface area contributed by atoms with Gasteiger partial charge < -0.3 is 9.64 Å². The molecule has 2 rings (SSSR count). The van der Waals surface area contributed by atoms with E-state index in [1.54, 1.807) is 12.1 Å². The van der Waals surface area contributed by atoms with Gasteiger partial charge in [-0.1, -0.05) is 25.3 Å². The first kappa shape index (κ1) is 22.2. The van der Waals surface area contributed by atoms with Crippen LogP contribution in [0.5, 0.6) is 5.75 Å². The zero-order valence-corrected chi connectivity index (χ0v) is 16.8. The highest BCUT2D eigenvalue weighted by atomic mass is 19.4. The van der Waals surface area contributed by atoms with Crippen LogP contribution in [-0.2, 0) is 6.42 Å². The summed E-state index contributed by atoms with van der Waals surface area (Å²) in [7, 11) is 3.68. The second-order valence-corrected chi connectivity index (χ2v) is 7.08. The SMILES string of the molecule is CB(C#N)CCc1cc(-c2ccc(OC(F)(F)F)cc2)c(C)c(N(C)C)c1C#N. The summed E-state index contributed by atoms with van der Waals surface area (Å²) in [6.45, 7) is 3.56. The number of benzene rings is 2. The van der Waals surface area contributed by atoms with Crippen molar-refractivity contribution < 1.29 is 17.9 Å². The van der Waals surface area contributed by atoms with E-state index in [0.717, 1.165) is 27.9 Å². The summed E-state index contributed by atoms with van der Waals surface area (Å²) >= 11 is 0. The number of hydrogen-bond acceptors (Lipinski definition) is 4. The molecule has 0 spiro atoms. The van der Waals surface area contributed by atoms with Gasteiger partial charge in [0.2, 0.25) is 0 Å². The molecule has 2 aromatic rings. The molecule has 29 heavy (non-hydrogen) atoms. The summed E-state index contributed by atoms with van der Waals surface area (Å²) in [5.74, 6) is 1.90. The van der Waals surface area contributed by atoms with E-state index in [9.17, 15) is 18.4 Å². The second kappa shape index (κ2) is 8.92. The van der Waals surface area contributed by atoms with Crippen LogP contribution in [0.2, 0.25) is 13.1 Å². The summed E-state index contributed by atoms with van der Waals surface area (Å²) in [6.07, 6.45) is -3.57.